The zero-order chi connectivity index (χ0) is 23.1. The lowest BCUT2D eigenvalue weighted by molar-refractivity contribution is -0.142. The predicted molar refractivity (Wildman–Crippen MR) is 131 cm³/mol. The van der Waals surface area contributed by atoms with E-state index in [0.29, 0.717) is 12.3 Å². The van der Waals surface area contributed by atoms with E-state index in [9.17, 15) is 9.59 Å². The minimum absolute atomic E-state index is 0.0431. The summed E-state index contributed by atoms with van der Waals surface area (Å²) in [6.07, 6.45) is 0.823. The lowest BCUT2D eigenvalue weighted by Crippen LogP contribution is -2.50. The number of carbonyl (C=O) groups is 2. The first-order chi connectivity index (χ1) is 15.4. The summed E-state index contributed by atoms with van der Waals surface area (Å²) < 4.78 is 6.88. The maximum atomic E-state index is 13.2. The minimum Gasteiger partial charge on any atom is -0.483 e. The molecule has 0 fully saturated rings. The van der Waals surface area contributed by atoms with Gasteiger partial charge >= 0.3 is 0 Å². The molecule has 3 rings (SSSR count). The summed E-state index contributed by atoms with van der Waals surface area (Å²) in [7, 11) is 0. The molecule has 6 heteroatoms. The quantitative estimate of drug-likeness (QED) is 0.436. The average Bonchev–Trinajstić information content (AvgIpc) is 2.81. The maximum Gasteiger partial charge on any atom is 0.261 e. The van der Waals surface area contributed by atoms with E-state index in [2.05, 4.69) is 21.2 Å². The lowest BCUT2D eigenvalue weighted by atomic mass is 10.1. The maximum absolute atomic E-state index is 13.2. The molecule has 0 aromatic heterocycles. The Hall–Kier alpha value is -2.86. The predicted octanol–water partition coefficient (Wildman–Crippen LogP) is 5.31. The molecular formula is C26H29BrN2O3. The van der Waals surface area contributed by atoms with Crippen LogP contribution in [0.3, 0.4) is 0 Å². The van der Waals surface area contributed by atoms with Crippen LogP contribution in [0.25, 0.3) is 10.8 Å². The van der Waals surface area contributed by atoms with E-state index in [-0.39, 0.29) is 24.5 Å². The number of hydrogen-bond acceptors (Lipinski definition) is 3. The van der Waals surface area contributed by atoms with Gasteiger partial charge in [-0.15, -0.1) is 0 Å². The van der Waals surface area contributed by atoms with E-state index in [4.69, 9.17) is 4.74 Å². The first-order valence-electron chi connectivity index (χ1n) is 10.8. The number of ether oxygens (including phenoxy) is 1. The van der Waals surface area contributed by atoms with Gasteiger partial charge in [0.2, 0.25) is 5.91 Å². The zero-order valence-electron chi connectivity index (χ0n) is 18.7. The van der Waals surface area contributed by atoms with Gasteiger partial charge in [0, 0.05) is 22.4 Å². The number of carbonyl (C=O) groups excluding carboxylic acids is 2. The fourth-order valence-electron chi connectivity index (χ4n) is 3.38. The van der Waals surface area contributed by atoms with Crippen molar-refractivity contribution in [2.75, 3.05) is 6.61 Å². The van der Waals surface area contributed by atoms with Gasteiger partial charge in [0.1, 0.15) is 11.8 Å². The summed E-state index contributed by atoms with van der Waals surface area (Å²) in [5, 5.41) is 4.97. The van der Waals surface area contributed by atoms with Gasteiger partial charge in [0.25, 0.3) is 5.91 Å². The van der Waals surface area contributed by atoms with Gasteiger partial charge in [-0.1, -0.05) is 71.4 Å². The molecule has 0 aliphatic rings. The number of halogens is 1. The zero-order valence-corrected chi connectivity index (χ0v) is 20.3. The van der Waals surface area contributed by atoms with Crippen LogP contribution in [0.5, 0.6) is 5.75 Å². The van der Waals surface area contributed by atoms with Crippen LogP contribution in [-0.4, -0.2) is 35.4 Å². The van der Waals surface area contributed by atoms with Crippen molar-refractivity contribution in [2.45, 2.75) is 45.8 Å². The summed E-state index contributed by atoms with van der Waals surface area (Å²) in [5.74, 6) is 0.236. The van der Waals surface area contributed by atoms with Crippen molar-refractivity contribution in [3.8, 4) is 5.75 Å². The number of hydrogen-bond donors (Lipinski definition) is 1. The molecule has 5 nitrogen and oxygen atoms in total. The van der Waals surface area contributed by atoms with Crippen LogP contribution in [0.2, 0.25) is 0 Å². The minimum atomic E-state index is -0.628. The highest BCUT2D eigenvalue weighted by atomic mass is 79.9. The highest BCUT2D eigenvalue weighted by molar-refractivity contribution is 9.10. The number of nitrogens with one attached hydrogen (secondary N) is 1. The van der Waals surface area contributed by atoms with E-state index < -0.39 is 6.04 Å². The first kappa shape index (κ1) is 23.8. The smallest absolute Gasteiger partial charge is 0.261 e. The van der Waals surface area contributed by atoms with Gasteiger partial charge in [-0.25, -0.2) is 0 Å². The molecule has 0 saturated carbocycles. The second kappa shape index (κ2) is 11.1. The Labute approximate surface area is 197 Å². The molecule has 1 N–H and O–H groups in total. The van der Waals surface area contributed by atoms with Crippen molar-refractivity contribution >= 4 is 38.5 Å². The van der Waals surface area contributed by atoms with E-state index >= 15 is 0 Å². The van der Waals surface area contributed by atoms with Crippen LogP contribution in [0.4, 0.5) is 0 Å². The van der Waals surface area contributed by atoms with Gasteiger partial charge in [-0.05, 0) is 49.4 Å². The molecule has 0 heterocycles. The number of rotatable bonds is 9. The highest BCUT2D eigenvalue weighted by Crippen LogP contribution is 2.25. The van der Waals surface area contributed by atoms with E-state index in [1.54, 1.807) is 11.8 Å². The number of amides is 2. The molecule has 0 saturated heterocycles. The monoisotopic (exact) mass is 496 g/mol. The summed E-state index contributed by atoms with van der Waals surface area (Å²) in [5.41, 5.74) is 0.940. The van der Waals surface area contributed by atoms with Crippen molar-refractivity contribution < 1.29 is 14.3 Å². The normalized spacial score (nSPS) is 12.8. The Bertz CT molecular complexity index is 1060. The Morgan fingerprint density at radius 1 is 1.00 bits per heavy atom. The molecule has 168 valence electrons. The standard InChI is InChI=1S/C26H29BrN2O3/c1-4-18(2)28-26(31)19(3)29(16-20-12-14-22(27)15-13-20)25(30)17-32-24-11-7-9-21-8-5-6-10-23(21)24/h5-15,18-19H,4,16-17H2,1-3H3,(H,28,31). The highest BCUT2D eigenvalue weighted by Gasteiger charge is 2.27. The van der Waals surface area contributed by atoms with Gasteiger partial charge in [-0.2, -0.15) is 0 Å². The second-order valence-electron chi connectivity index (χ2n) is 7.91. The Morgan fingerprint density at radius 2 is 1.69 bits per heavy atom. The molecule has 0 spiro atoms. The molecule has 0 aliphatic heterocycles. The Kier molecular flexibility index (Phi) is 8.28. The van der Waals surface area contributed by atoms with Crippen LogP contribution in [0.15, 0.2) is 71.2 Å². The third-order valence-corrected chi connectivity index (χ3v) is 6.06. The number of nitrogens with zero attached hydrogens (tertiary/aromatic N) is 1. The largest absolute Gasteiger partial charge is 0.483 e. The molecule has 0 aliphatic carbocycles. The Balaban J connectivity index is 1.78. The van der Waals surface area contributed by atoms with Gasteiger partial charge in [-0.3, -0.25) is 9.59 Å². The van der Waals surface area contributed by atoms with E-state index in [1.807, 2.05) is 80.6 Å². The fraction of sp³-hybridized carbons (Fsp3) is 0.308. The first-order valence-corrected chi connectivity index (χ1v) is 11.6. The third kappa shape index (κ3) is 6.10. The summed E-state index contributed by atoms with van der Waals surface area (Å²) in [6.45, 7) is 5.89. The van der Waals surface area contributed by atoms with Crippen LogP contribution in [0, 0.1) is 0 Å². The molecule has 0 bridgehead atoms. The summed E-state index contributed by atoms with van der Waals surface area (Å²) >= 11 is 3.43. The van der Waals surface area contributed by atoms with Crippen molar-refractivity contribution in [3.63, 3.8) is 0 Å². The molecule has 32 heavy (non-hydrogen) atoms. The Morgan fingerprint density at radius 3 is 2.41 bits per heavy atom. The molecular weight excluding hydrogens is 468 g/mol. The van der Waals surface area contributed by atoms with Crippen LogP contribution in [0.1, 0.15) is 32.8 Å². The molecule has 2 atom stereocenters. The van der Waals surface area contributed by atoms with Crippen molar-refractivity contribution in [1.82, 2.24) is 10.2 Å². The number of benzene rings is 3. The third-order valence-electron chi connectivity index (χ3n) is 5.54. The van der Waals surface area contributed by atoms with Crippen LogP contribution < -0.4 is 10.1 Å². The molecule has 0 radical (unpaired) electrons. The van der Waals surface area contributed by atoms with Gasteiger partial charge in [0.05, 0.1) is 0 Å². The summed E-state index contributed by atoms with van der Waals surface area (Å²) in [4.78, 5) is 27.6. The number of fused-ring (bicyclic) bond motifs is 1. The van der Waals surface area contributed by atoms with Gasteiger partial charge in [0.15, 0.2) is 6.61 Å². The van der Waals surface area contributed by atoms with Crippen molar-refractivity contribution in [2.24, 2.45) is 0 Å². The van der Waals surface area contributed by atoms with Crippen LogP contribution in [-0.2, 0) is 16.1 Å². The SMILES string of the molecule is CCC(C)NC(=O)C(C)N(Cc1ccc(Br)cc1)C(=O)COc1cccc2ccccc12. The van der Waals surface area contributed by atoms with E-state index in [1.165, 1.54) is 0 Å². The molecule has 3 aromatic rings. The second-order valence-corrected chi connectivity index (χ2v) is 8.82. The molecule has 2 amide bonds. The molecule has 2 unspecified atom stereocenters. The van der Waals surface area contributed by atoms with Gasteiger partial charge < -0.3 is 15.0 Å². The lowest BCUT2D eigenvalue weighted by Gasteiger charge is -2.29. The van der Waals surface area contributed by atoms with Crippen LogP contribution >= 0.6 is 15.9 Å². The van der Waals surface area contributed by atoms with Crippen molar-refractivity contribution in [3.05, 3.63) is 76.8 Å². The van der Waals surface area contributed by atoms with Crippen molar-refractivity contribution in [1.29, 1.82) is 0 Å². The average molecular weight is 497 g/mol. The fourth-order valence-corrected chi connectivity index (χ4v) is 3.64. The molecule has 3 aromatic carbocycles. The topological polar surface area (TPSA) is 58.6 Å². The summed E-state index contributed by atoms with van der Waals surface area (Å²) in [6, 6.07) is 20.8. The van der Waals surface area contributed by atoms with E-state index in [0.717, 1.165) is 27.2 Å².